The fourth-order valence-corrected chi connectivity index (χ4v) is 4.51. The van der Waals surface area contributed by atoms with E-state index in [1.165, 1.54) is 6.07 Å². The first-order chi connectivity index (χ1) is 16.7. The van der Waals surface area contributed by atoms with Gasteiger partial charge in [0.05, 0.1) is 31.5 Å². The predicted octanol–water partition coefficient (Wildman–Crippen LogP) is 2.62. The molecule has 0 spiro atoms. The Bertz CT molecular complexity index is 1330. The molecule has 0 unspecified atom stereocenters. The second-order valence-corrected chi connectivity index (χ2v) is 8.46. The van der Waals surface area contributed by atoms with Crippen molar-refractivity contribution in [2.75, 3.05) is 49.7 Å². The average molecular weight is 470 g/mol. The lowest BCUT2D eigenvalue weighted by molar-refractivity contribution is 0.0855. The Kier molecular flexibility index (Phi) is 5.46. The molecule has 0 bridgehead atoms. The summed E-state index contributed by atoms with van der Waals surface area (Å²) in [5.74, 6) is -0.0203. The van der Waals surface area contributed by atoms with Gasteiger partial charge in [0.2, 0.25) is 11.9 Å². The number of morpholine rings is 1. The Morgan fingerprint density at radius 3 is 2.65 bits per heavy atom. The smallest absolute Gasteiger partial charge is 0.230 e. The maximum absolute atomic E-state index is 14.1. The molecule has 2 saturated heterocycles. The molecule has 5 heterocycles. The largest absolute Gasteiger partial charge is 0.381 e. The third kappa shape index (κ3) is 3.82. The fraction of sp³-hybridized carbons (Fsp3) is 0.455. The van der Waals surface area contributed by atoms with E-state index in [4.69, 9.17) is 19.4 Å². The highest BCUT2D eigenvalue weighted by Crippen LogP contribution is 2.31. The van der Waals surface area contributed by atoms with Crippen LogP contribution in [0.1, 0.15) is 30.1 Å². The first kappa shape index (κ1) is 21.2. The molecule has 34 heavy (non-hydrogen) atoms. The van der Waals surface area contributed by atoms with Crippen LogP contribution >= 0.6 is 0 Å². The van der Waals surface area contributed by atoms with Gasteiger partial charge in [0.25, 0.3) is 0 Å². The topological polar surface area (TPSA) is 105 Å². The molecule has 0 saturated carbocycles. The summed E-state index contributed by atoms with van der Waals surface area (Å²) in [4.78, 5) is 18.9. The number of imidazole rings is 1. The third-order valence-corrected chi connectivity index (χ3v) is 6.35. The molecule has 10 nitrogen and oxygen atoms in total. The zero-order valence-corrected chi connectivity index (χ0v) is 18.4. The van der Waals surface area contributed by atoms with Gasteiger partial charge in [-0.1, -0.05) is 0 Å². The summed E-state index contributed by atoms with van der Waals surface area (Å²) in [7, 11) is 0. The number of fused-ring (bicyclic) bond motifs is 2. The maximum Gasteiger partial charge on any atom is 0.230 e. The first-order valence-electron chi connectivity index (χ1n) is 11.4. The van der Waals surface area contributed by atoms with Gasteiger partial charge < -0.3 is 24.7 Å². The second-order valence-electron chi connectivity index (χ2n) is 8.46. The summed E-state index contributed by atoms with van der Waals surface area (Å²) < 4.78 is 40.3. The molecule has 1 aromatic carbocycles. The molecule has 0 amide bonds. The van der Waals surface area contributed by atoms with E-state index in [1.807, 2.05) is 6.20 Å². The molecule has 3 aromatic heterocycles. The summed E-state index contributed by atoms with van der Waals surface area (Å²) in [5.41, 5.74) is 2.23. The predicted molar refractivity (Wildman–Crippen MR) is 120 cm³/mol. The third-order valence-electron chi connectivity index (χ3n) is 6.35. The van der Waals surface area contributed by atoms with Gasteiger partial charge in [0, 0.05) is 31.9 Å². The van der Waals surface area contributed by atoms with Crippen molar-refractivity contribution >= 4 is 28.6 Å². The van der Waals surface area contributed by atoms with Gasteiger partial charge in [-0.15, -0.1) is 0 Å². The average Bonchev–Trinajstić information content (AvgIpc) is 3.50. The number of anilines is 2. The molecule has 2 aliphatic rings. The lowest BCUT2D eigenvalue weighted by Gasteiger charge is -2.27. The number of nitrogens with zero attached hydrogens (tertiary/aromatic N) is 6. The summed E-state index contributed by atoms with van der Waals surface area (Å²) in [6, 6.07) is 2.55. The fourth-order valence-electron chi connectivity index (χ4n) is 4.51. The van der Waals surface area contributed by atoms with Crippen LogP contribution in [0.5, 0.6) is 0 Å². The van der Waals surface area contributed by atoms with Gasteiger partial charge in [-0.3, -0.25) is 0 Å². The van der Waals surface area contributed by atoms with Gasteiger partial charge in [-0.2, -0.15) is 19.6 Å². The summed E-state index contributed by atoms with van der Waals surface area (Å²) in [6.45, 7) is 4.29. The number of hydrogen-bond acceptors (Lipinski definition) is 8. The van der Waals surface area contributed by atoms with Gasteiger partial charge in [0.15, 0.2) is 17.3 Å². The normalized spacial score (nSPS) is 17.6. The lowest BCUT2D eigenvalue weighted by atomic mass is 9.94. The molecule has 178 valence electrons. The zero-order valence-electron chi connectivity index (χ0n) is 18.4. The highest BCUT2D eigenvalue weighted by atomic mass is 19.2. The van der Waals surface area contributed by atoms with Crippen LogP contribution in [-0.4, -0.2) is 69.1 Å². The molecule has 0 aliphatic carbocycles. The lowest BCUT2D eigenvalue weighted by Crippen LogP contribution is -2.37. The van der Waals surface area contributed by atoms with Crippen molar-refractivity contribution in [1.82, 2.24) is 29.5 Å². The van der Waals surface area contributed by atoms with Crippen LogP contribution in [0.15, 0.2) is 18.3 Å². The van der Waals surface area contributed by atoms with Crippen LogP contribution in [-0.2, 0) is 16.0 Å². The minimum absolute atomic E-state index is 0.0282. The van der Waals surface area contributed by atoms with Crippen molar-refractivity contribution in [1.29, 1.82) is 0 Å². The standard InChI is InChI=1S/C22H24F2N8O2/c23-15-1-2-16-19(18(15)24)28-17(27-16)12-25-21-30-22(31-5-9-34-10-6-31)29-20-14(11-26-32(20)21)13-3-7-33-8-4-13/h1-2,11,13H,3-10,12H2,(H,27,28)(H,25,29,30). The molecule has 2 aliphatic heterocycles. The van der Waals surface area contributed by atoms with E-state index in [1.54, 1.807) is 4.52 Å². The van der Waals surface area contributed by atoms with Gasteiger partial charge in [0.1, 0.15) is 11.3 Å². The van der Waals surface area contributed by atoms with Gasteiger partial charge in [-0.25, -0.2) is 13.8 Å². The summed E-state index contributed by atoms with van der Waals surface area (Å²) in [5, 5.41) is 7.82. The van der Waals surface area contributed by atoms with Crippen molar-refractivity contribution < 1.29 is 18.3 Å². The Balaban J connectivity index is 1.35. The molecule has 0 radical (unpaired) electrons. The second kappa shape index (κ2) is 8.76. The van der Waals surface area contributed by atoms with E-state index >= 15 is 0 Å². The van der Waals surface area contributed by atoms with Crippen LogP contribution in [0, 0.1) is 11.6 Å². The molecular weight excluding hydrogens is 446 g/mol. The van der Waals surface area contributed by atoms with Crippen LogP contribution < -0.4 is 10.2 Å². The number of nitrogens with one attached hydrogen (secondary N) is 2. The number of benzene rings is 1. The first-order valence-corrected chi connectivity index (χ1v) is 11.4. The summed E-state index contributed by atoms with van der Waals surface area (Å²) >= 11 is 0. The molecule has 2 fully saturated rings. The van der Waals surface area contributed by atoms with Gasteiger partial charge >= 0.3 is 0 Å². The van der Waals surface area contributed by atoms with Crippen molar-refractivity contribution in [3.63, 3.8) is 0 Å². The number of hydrogen-bond donors (Lipinski definition) is 2. The summed E-state index contributed by atoms with van der Waals surface area (Å²) in [6.07, 6.45) is 3.69. The van der Waals surface area contributed by atoms with Crippen molar-refractivity contribution in [3.05, 3.63) is 41.4 Å². The maximum atomic E-state index is 14.1. The minimum Gasteiger partial charge on any atom is -0.381 e. The van der Waals surface area contributed by atoms with Crippen molar-refractivity contribution in [2.45, 2.75) is 25.3 Å². The van der Waals surface area contributed by atoms with Gasteiger partial charge in [-0.05, 0) is 30.9 Å². The van der Waals surface area contributed by atoms with Crippen molar-refractivity contribution in [2.24, 2.45) is 0 Å². The molecule has 0 atom stereocenters. The highest BCUT2D eigenvalue weighted by molar-refractivity contribution is 5.75. The monoisotopic (exact) mass is 470 g/mol. The Morgan fingerprint density at radius 1 is 1.03 bits per heavy atom. The molecule has 4 aromatic rings. The number of aromatic amines is 1. The van der Waals surface area contributed by atoms with E-state index in [2.05, 4.69) is 25.3 Å². The van der Waals surface area contributed by atoms with Crippen LogP contribution in [0.25, 0.3) is 16.7 Å². The Labute approximate surface area is 193 Å². The quantitative estimate of drug-likeness (QED) is 0.459. The Morgan fingerprint density at radius 2 is 1.82 bits per heavy atom. The van der Waals surface area contributed by atoms with E-state index < -0.39 is 11.6 Å². The minimum atomic E-state index is -0.966. The van der Waals surface area contributed by atoms with E-state index in [-0.39, 0.29) is 12.1 Å². The number of ether oxygens (including phenoxy) is 2. The van der Waals surface area contributed by atoms with E-state index in [0.29, 0.717) is 55.5 Å². The van der Waals surface area contributed by atoms with E-state index in [0.717, 1.165) is 43.3 Å². The number of rotatable bonds is 5. The Hall–Kier alpha value is -3.38. The molecule has 12 heteroatoms. The number of aromatic nitrogens is 6. The van der Waals surface area contributed by atoms with Crippen LogP contribution in [0.3, 0.4) is 0 Å². The van der Waals surface area contributed by atoms with Crippen LogP contribution in [0.2, 0.25) is 0 Å². The zero-order chi connectivity index (χ0) is 23.1. The number of halogens is 2. The molecule has 6 rings (SSSR count). The van der Waals surface area contributed by atoms with E-state index in [9.17, 15) is 8.78 Å². The van der Waals surface area contributed by atoms with Crippen molar-refractivity contribution in [3.8, 4) is 0 Å². The highest BCUT2D eigenvalue weighted by Gasteiger charge is 2.24. The SMILES string of the molecule is Fc1ccc2[nH]c(CNc3nc(N4CCOCC4)nc4c(C5CCOCC5)cnn34)nc2c1F. The molecular formula is C22H24F2N8O2. The number of H-pyrrole nitrogens is 1. The van der Waals surface area contributed by atoms with Crippen LogP contribution in [0.4, 0.5) is 20.7 Å². The molecule has 2 N–H and O–H groups in total.